The van der Waals surface area contributed by atoms with E-state index in [1.807, 2.05) is 57.2 Å². The number of ether oxygens (including phenoxy) is 2. The van der Waals surface area contributed by atoms with Gasteiger partial charge in [-0.2, -0.15) is 0 Å². The second kappa shape index (κ2) is 6.44. The van der Waals surface area contributed by atoms with Gasteiger partial charge in [-0.3, -0.25) is 4.79 Å². The molecule has 0 aromatic heterocycles. The lowest BCUT2D eigenvalue weighted by Gasteiger charge is -2.12. The number of carbonyl (C=O) groups is 1. The maximum atomic E-state index is 12.3. The lowest BCUT2D eigenvalue weighted by molar-refractivity contribution is 0.0919. The molecule has 0 fully saturated rings. The standard InChI is InChI=1S/C18H20O3/c1-12-5-7-14(3)15(9-12)16(19)11-21-17-8-6-13(2)10-18(17)20-4/h5-10H,11H2,1-4H3. The molecule has 0 aliphatic carbocycles. The predicted molar refractivity (Wildman–Crippen MR) is 83.5 cm³/mol. The molecule has 3 nitrogen and oxygen atoms in total. The average molecular weight is 284 g/mol. The second-order valence-corrected chi connectivity index (χ2v) is 5.18. The molecular formula is C18H20O3. The summed E-state index contributed by atoms with van der Waals surface area (Å²) in [4.78, 5) is 12.3. The van der Waals surface area contributed by atoms with Crippen molar-refractivity contribution < 1.29 is 14.3 Å². The normalized spacial score (nSPS) is 10.3. The number of hydrogen-bond acceptors (Lipinski definition) is 3. The number of ketones is 1. The molecule has 0 unspecified atom stereocenters. The molecule has 0 N–H and O–H groups in total. The van der Waals surface area contributed by atoms with E-state index in [-0.39, 0.29) is 12.4 Å². The van der Waals surface area contributed by atoms with Crippen LogP contribution in [0, 0.1) is 20.8 Å². The zero-order valence-electron chi connectivity index (χ0n) is 12.9. The van der Waals surface area contributed by atoms with Crippen molar-refractivity contribution in [2.75, 3.05) is 13.7 Å². The number of rotatable bonds is 5. The monoisotopic (exact) mass is 284 g/mol. The minimum atomic E-state index is -0.0289. The van der Waals surface area contributed by atoms with Crippen LogP contribution in [0.4, 0.5) is 0 Å². The van der Waals surface area contributed by atoms with E-state index in [0.29, 0.717) is 17.1 Å². The number of Topliss-reactive ketones (excluding diaryl/α,β-unsaturated/α-hetero) is 1. The van der Waals surface area contributed by atoms with Gasteiger partial charge in [0.25, 0.3) is 0 Å². The largest absolute Gasteiger partial charge is 0.493 e. The summed E-state index contributed by atoms with van der Waals surface area (Å²) in [5.41, 5.74) is 3.82. The maximum absolute atomic E-state index is 12.3. The summed E-state index contributed by atoms with van der Waals surface area (Å²) in [5, 5.41) is 0. The zero-order chi connectivity index (χ0) is 15.4. The third-order valence-electron chi connectivity index (χ3n) is 3.37. The highest BCUT2D eigenvalue weighted by Crippen LogP contribution is 2.28. The fourth-order valence-corrected chi connectivity index (χ4v) is 2.15. The first kappa shape index (κ1) is 15.1. The van der Waals surface area contributed by atoms with Crippen LogP contribution in [0.1, 0.15) is 27.0 Å². The Bertz CT molecular complexity index is 660. The van der Waals surface area contributed by atoms with Gasteiger partial charge in [0, 0.05) is 5.56 Å². The molecule has 0 radical (unpaired) electrons. The molecule has 2 rings (SSSR count). The highest BCUT2D eigenvalue weighted by molar-refractivity contribution is 5.98. The molecular weight excluding hydrogens is 264 g/mol. The summed E-state index contributed by atoms with van der Waals surface area (Å²) in [6.45, 7) is 5.89. The molecule has 2 aromatic rings. The van der Waals surface area contributed by atoms with Gasteiger partial charge in [-0.15, -0.1) is 0 Å². The summed E-state index contributed by atoms with van der Waals surface area (Å²) >= 11 is 0. The van der Waals surface area contributed by atoms with Crippen LogP contribution in [-0.2, 0) is 0 Å². The highest BCUT2D eigenvalue weighted by atomic mass is 16.5. The third-order valence-corrected chi connectivity index (χ3v) is 3.37. The van der Waals surface area contributed by atoms with E-state index in [2.05, 4.69) is 0 Å². The van der Waals surface area contributed by atoms with Gasteiger partial charge in [0.05, 0.1) is 7.11 Å². The van der Waals surface area contributed by atoms with Gasteiger partial charge < -0.3 is 9.47 Å². The molecule has 21 heavy (non-hydrogen) atoms. The number of benzene rings is 2. The van der Waals surface area contributed by atoms with Crippen LogP contribution in [0.3, 0.4) is 0 Å². The summed E-state index contributed by atoms with van der Waals surface area (Å²) in [6.07, 6.45) is 0. The van der Waals surface area contributed by atoms with E-state index in [1.165, 1.54) is 0 Å². The van der Waals surface area contributed by atoms with Crippen molar-refractivity contribution in [3.63, 3.8) is 0 Å². The molecule has 0 saturated carbocycles. The smallest absolute Gasteiger partial charge is 0.200 e. The van der Waals surface area contributed by atoms with E-state index < -0.39 is 0 Å². The van der Waals surface area contributed by atoms with Crippen molar-refractivity contribution in [2.24, 2.45) is 0 Å². The molecule has 0 heterocycles. The van der Waals surface area contributed by atoms with Crippen molar-refractivity contribution in [3.8, 4) is 11.5 Å². The molecule has 0 spiro atoms. The Hall–Kier alpha value is -2.29. The molecule has 3 heteroatoms. The third kappa shape index (κ3) is 3.63. The SMILES string of the molecule is COc1cc(C)ccc1OCC(=O)c1cc(C)ccc1C. The van der Waals surface area contributed by atoms with Gasteiger partial charge in [-0.1, -0.05) is 23.8 Å². The number of aryl methyl sites for hydroxylation is 3. The number of hydrogen-bond donors (Lipinski definition) is 0. The molecule has 0 saturated heterocycles. The predicted octanol–water partition coefficient (Wildman–Crippen LogP) is 3.88. The van der Waals surface area contributed by atoms with E-state index in [0.717, 1.165) is 16.7 Å². The summed E-state index contributed by atoms with van der Waals surface area (Å²) in [6, 6.07) is 11.5. The lowest BCUT2D eigenvalue weighted by Crippen LogP contribution is -2.13. The number of carbonyl (C=O) groups excluding carboxylic acids is 1. The fraction of sp³-hybridized carbons (Fsp3) is 0.278. The van der Waals surface area contributed by atoms with Crippen LogP contribution in [0.25, 0.3) is 0 Å². The molecule has 0 bridgehead atoms. The van der Waals surface area contributed by atoms with Crippen molar-refractivity contribution in [1.29, 1.82) is 0 Å². The van der Waals surface area contributed by atoms with Gasteiger partial charge in [0.2, 0.25) is 0 Å². The van der Waals surface area contributed by atoms with Gasteiger partial charge in [0.1, 0.15) is 0 Å². The molecule has 0 atom stereocenters. The first-order valence-electron chi connectivity index (χ1n) is 6.89. The van der Waals surface area contributed by atoms with Crippen molar-refractivity contribution >= 4 is 5.78 Å². The Balaban J connectivity index is 2.13. The minimum absolute atomic E-state index is 0.00368. The van der Waals surface area contributed by atoms with Crippen LogP contribution in [-0.4, -0.2) is 19.5 Å². The Morgan fingerprint density at radius 2 is 1.62 bits per heavy atom. The van der Waals surface area contributed by atoms with Gasteiger partial charge in [-0.05, 0) is 50.1 Å². The van der Waals surface area contributed by atoms with E-state index in [4.69, 9.17) is 9.47 Å². The maximum Gasteiger partial charge on any atom is 0.200 e. The fourth-order valence-electron chi connectivity index (χ4n) is 2.15. The van der Waals surface area contributed by atoms with Crippen LogP contribution >= 0.6 is 0 Å². The molecule has 110 valence electrons. The first-order valence-corrected chi connectivity index (χ1v) is 6.89. The first-order chi connectivity index (χ1) is 10.0. The van der Waals surface area contributed by atoms with Crippen LogP contribution in [0.5, 0.6) is 11.5 Å². The zero-order valence-corrected chi connectivity index (χ0v) is 12.9. The minimum Gasteiger partial charge on any atom is -0.493 e. The molecule has 0 aliphatic heterocycles. The molecule has 0 amide bonds. The van der Waals surface area contributed by atoms with Crippen molar-refractivity contribution in [3.05, 3.63) is 58.7 Å². The lowest BCUT2D eigenvalue weighted by atomic mass is 10.0. The summed E-state index contributed by atoms with van der Waals surface area (Å²) < 4.78 is 10.9. The van der Waals surface area contributed by atoms with Crippen LogP contribution in [0.2, 0.25) is 0 Å². The quantitative estimate of drug-likeness (QED) is 0.782. The van der Waals surface area contributed by atoms with E-state index in [1.54, 1.807) is 7.11 Å². The van der Waals surface area contributed by atoms with E-state index in [9.17, 15) is 4.79 Å². The van der Waals surface area contributed by atoms with Gasteiger partial charge in [0.15, 0.2) is 23.9 Å². The highest BCUT2D eigenvalue weighted by Gasteiger charge is 2.12. The van der Waals surface area contributed by atoms with Gasteiger partial charge in [-0.25, -0.2) is 0 Å². The topological polar surface area (TPSA) is 35.5 Å². The Morgan fingerprint density at radius 1 is 0.952 bits per heavy atom. The second-order valence-electron chi connectivity index (χ2n) is 5.18. The van der Waals surface area contributed by atoms with Crippen LogP contribution in [0.15, 0.2) is 36.4 Å². The summed E-state index contributed by atoms with van der Waals surface area (Å²) in [7, 11) is 1.59. The Morgan fingerprint density at radius 3 is 2.33 bits per heavy atom. The Kier molecular flexibility index (Phi) is 4.63. The number of methoxy groups -OCH3 is 1. The Labute approximate surface area is 125 Å². The van der Waals surface area contributed by atoms with Crippen molar-refractivity contribution in [2.45, 2.75) is 20.8 Å². The van der Waals surface area contributed by atoms with Gasteiger partial charge >= 0.3 is 0 Å². The molecule has 0 aliphatic rings. The summed E-state index contributed by atoms with van der Waals surface area (Å²) in [5.74, 6) is 1.20. The average Bonchev–Trinajstić information content (AvgIpc) is 2.48. The van der Waals surface area contributed by atoms with Crippen molar-refractivity contribution in [1.82, 2.24) is 0 Å². The van der Waals surface area contributed by atoms with E-state index >= 15 is 0 Å². The molecule has 2 aromatic carbocycles. The van der Waals surface area contributed by atoms with Crippen LogP contribution < -0.4 is 9.47 Å².